The molecule has 1 heterocycles. The summed E-state index contributed by atoms with van der Waals surface area (Å²) >= 11 is 0. The van der Waals surface area contributed by atoms with E-state index in [1.165, 1.54) is 6.42 Å². The Morgan fingerprint density at radius 3 is 2.93 bits per heavy atom. The second-order valence-corrected chi connectivity index (χ2v) is 4.87. The van der Waals surface area contributed by atoms with Crippen LogP contribution in [-0.2, 0) is 4.79 Å². The lowest BCUT2D eigenvalue weighted by Crippen LogP contribution is -2.40. The third kappa shape index (κ3) is 5.17. The highest BCUT2D eigenvalue weighted by Crippen LogP contribution is 2.09. The maximum absolute atomic E-state index is 11.7. The number of piperidine rings is 1. The van der Waals surface area contributed by atoms with E-state index in [-0.39, 0.29) is 11.8 Å². The molecule has 2 N–H and O–H groups in total. The van der Waals surface area contributed by atoms with E-state index < -0.39 is 0 Å². The largest absolute Gasteiger partial charge is 0.356 e. The van der Waals surface area contributed by atoms with Gasteiger partial charge in [-0.15, -0.1) is 0 Å². The maximum Gasteiger partial charge on any atom is 0.224 e. The predicted octanol–water partition coefficient (Wildman–Crippen LogP) is 1.54. The molecular weight excluding hydrogens is 188 g/mol. The summed E-state index contributed by atoms with van der Waals surface area (Å²) in [5.41, 5.74) is 0. The Hall–Kier alpha value is -0.570. The first-order valence-corrected chi connectivity index (χ1v) is 6.18. The van der Waals surface area contributed by atoms with E-state index in [0.29, 0.717) is 0 Å². The Bertz CT molecular complexity index is 186. The summed E-state index contributed by atoms with van der Waals surface area (Å²) in [5.74, 6) is 1.18. The van der Waals surface area contributed by atoms with Gasteiger partial charge >= 0.3 is 0 Å². The van der Waals surface area contributed by atoms with Crippen LogP contribution in [0.15, 0.2) is 0 Å². The van der Waals surface area contributed by atoms with Gasteiger partial charge in [-0.2, -0.15) is 0 Å². The van der Waals surface area contributed by atoms with Crippen molar-refractivity contribution in [2.75, 3.05) is 19.6 Å². The normalized spacial score (nSPS) is 21.7. The van der Waals surface area contributed by atoms with Gasteiger partial charge in [0.05, 0.1) is 5.92 Å². The molecule has 88 valence electrons. The lowest BCUT2D eigenvalue weighted by Gasteiger charge is -2.21. The molecule has 0 saturated carbocycles. The van der Waals surface area contributed by atoms with Crippen LogP contribution in [0.3, 0.4) is 0 Å². The van der Waals surface area contributed by atoms with E-state index in [2.05, 4.69) is 24.5 Å². The number of nitrogens with one attached hydrogen (secondary N) is 2. The van der Waals surface area contributed by atoms with Crippen molar-refractivity contribution in [1.82, 2.24) is 10.6 Å². The maximum atomic E-state index is 11.7. The number of rotatable bonds is 5. The summed E-state index contributed by atoms with van der Waals surface area (Å²) in [7, 11) is 0. The van der Waals surface area contributed by atoms with Crippen molar-refractivity contribution in [2.45, 2.75) is 39.5 Å². The minimum atomic E-state index is 0.206. The standard InChI is InChI=1S/C12H24N2O/c1-10(2)5-3-8-14-12(15)11-6-4-7-13-9-11/h10-11,13H,3-9H2,1-2H3,(H,14,15)/t11-/m0/s1. The molecule has 1 aliphatic rings. The van der Waals surface area contributed by atoms with Crippen LogP contribution in [0.25, 0.3) is 0 Å². The average Bonchev–Trinajstić information content (AvgIpc) is 2.25. The Kier molecular flexibility index (Phi) is 5.69. The van der Waals surface area contributed by atoms with Crippen LogP contribution >= 0.6 is 0 Å². The number of carbonyl (C=O) groups is 1. The second kappa shape index (κ2) is 6.83. The van der Waals surface area contributed by atoms with Gasteiger partial charge in [0.1, 0.15) is 0 Å². The molecule has 0 aromatic carbocycles. The van der Waals surface area contributed by atoms with E-state index in [1.54, 1.807) is 0 Å². The van der Waals surface area contributed by atoms with Crippen LogP contribution in [0.1, 0.15) is 39.5 Å². The molecule has 1 amide bonds. The van der Waals surface area contributed by atoms with Gasteiger partial charge in [-0.1, -0.05) is 13.8 Å². The van der Waals surface area contributed by atoms with Crippen molar-refractivity contribution in [2.24, 2.45) is 11.8 Å². The number of carbonyl (C=O) groups excluding carboxylic acids is 1. The summed E-state index contributed by atoms with van der Waals surface area (Å²) < 4.78 is 0. The van der Waals surface area contributed by atoms with Crippen LogP contribution in [0.2, 0.25) is 0 Å². The first-order chi connectivity index (χ1) is 7.20. The molecule has 3 nitrogen and oxygen atoms in total. The van der Waals surface area contributed by atoms with Crippen LogP contribution in [0, 0.1) is 11.8 Å². The molecule has 1 saturated heterocycles. The van der Waals surface area contributed by atoms with Gasteiger partial charge in [0.2, 0.25) is 5.91 Å². The van der Waals surface area contributed by atoms with Crippen molar-refractivity contribution < 1.29 is 4.79 Å². The molecule has 0 aromatic heterocycles. The summed E-state index contributed by atoms with van der Waals surface area (Å²) in [6, 6.07) is 0. The highest BCUT2D eigenvalue weighted by Gasteiger charge is 2.19. The summed E-state index contributed by atoms with van der Waals surface area (Å²) in [4.78, 5) is 11.7. The van der Waals surface area contributed by atoms with E-state index in [4.69, 9.17) is 0 Å². The molecule has 1 atom stereocenters. The highest BCUT2D eigenvalue weighted by molar-refractivity contribution is 5.78. The van der Waals surface area contributed by atoms with Gasteiger partial charge in [0.25, 0.3) is 0 Å². The second-order valence-electron chi connectivity index (χ2n) is 4.87. The van der Waals surface area contributed by atoms with E-state index >= 15 is 0 Å². The molecule has 0 aromatic rings. The molecule has 1 fully saturated rings. The van der Waals surface area contributed by atoms with Gasteiger partial charge in [-0.05, 0) is 38.1 Å². The quantitative estimate of drug-likeness (QED) is 0.679. The van der Waals surface area contributed by atoms with E-state index in [0.717, 1.165) is 44.8 Å². The fourth-order valence-corrected chi connectivity index (χ4v) is 1.94. The minimum absolute atomic E-state index is 0.206. The SMILES string of the molecule is CC(C)CCCNC(=O)[C@H]1CCCNC1. The van der Waals surface area contributed by atoms with Crippen LogP contribution < -0.4 is 10.6 Å². The van der Waals surface area contributed by atoms with E-state index in [1.807, 2.05) is 0 Å². The third-order valence-electron chi connectivity index (χ3n) is 2.93. The lowest BCUT2D eigenvalue weighted by atomic mass is 9.99. The van der Waals surface area contributed by atoms with Crippen molar-refractivity contribution in [3.8, 4) is 0 Å². The molecule has 0 bridgehead atoms. The molecule has 15 heavy (non-hydrogen) atoms. The molecular formula is C12H24N2O. The fraction of sp³-hybridized carbons (Fsp3) is 0.917. The summed E-state index contributed by atoms with van der Waals surface area (Å²) in [6.45, 7) is 7.19. The lowest BCUT2D eigenvalue weighted by molar-refractivity contribution is -0.125. The molecule has 0 aliphatic carbocycles. The average molecular weight is 212 g/mol. The Morgan fingerprint density at radius 2 is 2.33 bits per heavy atom. The first-order valence-electron chi connectivity index (χ1n) is 6.18. The van der Waals surface area contributed by atoms with Crippen LogP contribution in [-0.4, -0.2) is 25.5 Å². The zero-order valence-corrected chi connectivity index (χ0v) is 10.0. The zero-order valence-electron chi connectivity index (χ0n) is 10.0. The van der Waals surface area contributed by atoms with Gasteiger partial charge in [-0.25, -0.2) is 0 Å². The Balaban J connectivity index is 2.07. The monoisotopic (exact) mass is 212 g/mol. The van der Waals surface area contributed by atoms with Gasteiger partial charge in [0, 0.05) is 13.1 Å². The molecule has 0 spiro atoms. The molecule has 0 unspecified atom stereocenters. The molecule has 3 heteroatoms. The van der Waals surface area contributed by atoms with Crippen LogP contribution in [0.5, 0.6) is 0 Å². The minimum Gasteiger partial charge on any atom is -0.356 e. The van der Waals surface area contributed by atoms with E-state index in [9.17, 15) is 4.79 Å². The van der Waals surface area contributed by atoms with Crippen molar-refractivity contribution in [3.63, 3.8) is 0 Å². The van der Waals surface area contributed by atoms with Gasteiger partial charge in [0.15, 0.2) is 0 Å². The first kappa shape index (κ1) is 12.5. The molecule has 0 radical (unpaired) electrons. The Morgan fingerprint density at radius 1 is 1.53 bits per heavy atom. The van der Waals surface area contributed by atoms with Crippen molar-refractivity contribution in [1.29, 1.82) is 0 Å². The highest BCUT2D eigenvalue weighted by atomic mass is 16.1. The topological polar surface area (TPSA) is 41.1 Å². The summed E-state index contributed by atoms with van der Waals surface area (Å²) in [6.07, 6.45) is 4.47. The number of amides is 1. The predicted molar refractivity (Wildman–Crippen MR) is 62.7 cm³/mol. The molecule has 1 rings (SSSR count). The zero-order chi connectivity index (χ0) is 11.1. The number of hydrogen-bond donors (Lipinski definition) is 2. The van der Waals surface area contributed by atoms with Gasteiger partial charge in [-0.3, -0.25) is 4.79 Å². The Labute approximate surface area is 93.0 Å². The van der Waals surface area contributed by atoms with Gasteiger partial charge < -0.3 is 10.6 Å². The fourth-order valence-electron chi connectivity index (χ4n) is 1.94. The number of hydrogen-bond acceptors (Lipinski definition) is 2. The third-order valence-corrected chi connectivity index (χ3v) is 2.93. The summed E-state index contributed by atoms with van der Waals surface area (Å²) in [5, 5.41) is 6.29. The molecule has 1 aliphatic heterocycles. The smallest absolute Gasteiger partial charge is 0.224 e. The van der Waals surface area contributed by atoms with Crippen molar-refractivity contribution in [3.05, 3.63) is 0 Å². The van der Waals surface area contributed by atoms with Crippen LogP contribution in [0.4, 0.5) is 0 Å². The van der Waals surface area contributed by atoms with Crippen molar-refractivity contribution >= 4 is 5.91 Å².